The molecule has 0 aliphatic rings. The molecule has 0 aromatic heterocycles. The number of ether oxygens (including phenoxy) is 1. The van der Waals surface area contributed by atoms with E-state index >= 15 is 0 Å². The Morgan fingerprint density at radius 2 is 1.92 bits per heavy atom. The number of amides is 1. The van der Waals surface area contributed by atoms with Crippen molar-refractivity contribution in [3.8, 4) is 5.75 Å². The largest absolute Gasteiger partial charge is 0.496 e. The summed E-state index contributed by atoms with van der Waals surface area (Å²) in [7, 11) is 3.36. The predicted molar refractivity (Wildman–Crippen MR) is 98.7 cm³/mol. The van der Waals surface area contributed by atoms with Gasteiger partial charge >= 0.3 is 0 Å². The summed E-state index contributed by atoms with van der Waals surface area (Å²) in [6.07, 6.45) is 0. The third-order valence-corrected chi connectivity index (χ3v) is 3.40. The smallest absolute Gasteiger partial charge is 0.239 e. The van der Waals surface area contributed by atoms with E-state index in [0.717, 1.165) is 11.3 Å². The van der Waals surface area contributed by atoms with Crippen LogP contribution in [0.4, 0.5) is 0 Å². The number of hydrogen-bond donors (Lipinski definition) is 3. The first kappa shape index (κ1) is 19.8. The fourth-order valence-electron chi connectivity index (χ4n) is 2.28. The lowest BCUT2D eigenvalue weighted by Crippen LogP contribution is -2.48. The quantitative estimate of drug-likeness (QED) is 0.548. The van der Waals surface area contributed by atoms with Crippen LogP contribution < -0.4 is 20.7 Å². The Balaban J connectivity index is 2.50. The molecule has 24 heavy (non-hydrogen) atoms. The number of benzene rings is 1. The minimum Gasteiger partial charge on any atom is -0.496 e. The number of carbonyl (C=O) groups excluding carboxylic acids is 1. The second kappa shape index (κ2) is 9.15. The summed E-state index contributed by atoms with van der Waals surface area (Å²) >= 11 is 0. The Morgan fingerprint density at radius 3 is 2.50 bits per heavy atom. The highest BCUT2D eigenvalue weighted by atomic mass is 16.5. The van der Waals surface area contributed by atoms with Crippen molar-refractivity contribution < 1.29 is 9.53 Å². The van der Waals surface area contributed by atoms with Gasteiger partial charge in [0, 0.05) is 25.0 Å². The van der Waals surface area contributed by atoms with E-state index in [-0.39, 0.29) is 23.9 Å². The number of methoxy groups -OCH3 is 1. The van der Waals surface area contributed by atoms with Crippen LogP contribution in [0.5, 0.6) is 5.75 Å². The number of rotatable bonds is 6. The van der Waals surface area contributed by atoms with Gasteiger partial charge in [0.25, 0.3) is 0 Å². The lowest BCUT2D eigenvalue weighted by molar-refractivity contribution is -0.121. The molecule has 6 heteroatoms. The zero-order valence-electron chi connectivity index (χ0n) is 15.6. The second-order valence-corrected chi connectivity index (χ2v) is 6.75. The van der Waals surface area contributed by atoms with Crippen LogP contribution in [-0.4, -0.2) is 44.7 Å². The number of nitrogens with one attached hydrogen (secondary N) is 3. The molecule has 1 aromatic carbocycles. The predicted octanol–water partition coefficient (Wildman–Crippen LogP) is 1.88. The lowest BCUT2D eigenvalue weighted by atomic mass is 10.0. The Bertz CT molecular complexity index is 564. The van der Waals surface area contributed by atoms with Crippen molar-refractivity contribution in [2.75, 3.05) is 27.2 Å². The van der Waals surface area contributed by atoms with Gasteiger partial charge in [-0.3, -0.25) is 9.79 Å². The molecule has 0 saturated heterocycles. The second-order valence-electron chi connectivity index (χ2n) is 6.75. The summed E-state index contributed by atoms with van der Waals surface area (Å²) < 4.78 is 5.40. The van der Waals surface area contributed by atoms with Gasteiger partial charge in [-0.25, -0.2) is 0 Å². The van der Waals surface area contributed by atoms with Gasteiger partial charge < -0.3 is 20.7 Å². The molecule has 1 amide bonds. The molecule has 0 saturated carbocycles. The Kier molecular flexibility index (Phi) is 7.55. The summed E-state index contributed by atoms with van der Waals surface area (Å²) in [5, 5.41) is 9.17. The Labute approximate surface area is 145 Å². The summed E-state index contributed by atoms with van der Waals surface area (Å²) in [5.74, 6) is 1.64. The number of nitrogens with zero attached hydrogens (tertiary/aromatic N) is 1. The third-order valence-electron chi connectivity index (χ3n) is 3.40. The van der Waals surface area contributed by atoms with Crippen molar-refractivity contribution in [2.45, 2.75) is 39.2 Å². The van der Waals surface area contributed by atoms with Gasteiger partial charge in [-0.05, 0) is 32.4 Å². The maximum absolute atomic E-state index is 11.8. The maximum Gasteiger partial charge on any atom is 0.239 e. The molecule has 1 aromatic rings. The fraction of sp³-hybridized carbons (Fsp3) is 0.556. The van der Waals surface area contributed by atoms with Crippen LogP contribution in [0.2, 0.25) is 0 Å². The van der Waals surface area contributed by atoms with Gasteiger partial charge in [-0.2, -0.15) is 0 Å². The van der Waals surface area contributed by atoms with Crippen molar-refractivity contribution in [3.05, 3.63) is 29.8 Å². The first-order chi connectivity index (χ1) is 11.3. The summed E-state index contributed by atoms with van der Waals surface area (Å²) in [4.78, 5) is 16.0. The van der Waals surface area contributed by atoms with Crippen LogP contribution >= 0.6 is 0 Å². The summed E-state index contributed by atoms with van der Waals surface area (Å²) in [6.45, 7) is 8.83. The number of hydrogen-bond acceptors (Lipinski definition) is 3. The minimum absolute atomic E-state index is 0.0665. The Hall–Kier alpha value is -2.24. The first-order valence-electron chi connectivity index (χ1n) is 8.15. The van der Waals surface area contributed by atoms with E-state index < -0.39 is 0 Å². The number of para-hydroxylation sites is 1. The summed E-state index contributed by atoms with van der Waals surface area (Å²) in [6, 6.07) is 7.96. The van der Waals surface area contributed by atoms with Crippen molar-refractivity contribution in [1.29, 1.82) is 0 Å². The molecule has 0 aliphatic carbocycles. The maximum atomic E-state index is 11.8. The van der Waals surface area contributed by atoms with Gasteiger partial charge in [0.1, 0.15) is 5.75 Å². The molecule has 0 bridgehead atoms. The topological polar surface area (TPSA) is 74.8 Å². The van der Waals surface area contributed by atoms with Gasteiger partial charge in [-0.15, -0.1) is 0 Å². The van der Waals surface area contributed by atoms with E-state index in [0.29, 0.717) is 12.5 Å². The molecule has 1 unspecified atom stereocenters. The third kappa shape index (κ3) is 6.89. The average molecular weight is 334 g/mol. The van der Waals surface area contributed by atoms with Gasteiger partial charge in [0.05, 0.1) is 13.7 Å². The van der Waals surface area contributed by atoms with Crippen molar-refractivity contribution >= 4 is 11.9 Å². The zero-order valence-corrected chi connectivity index (χ0v) is 15.6. The van der Waals surface area contributed by atoms with E-state index in [9.17, 15) is 4.79 Å². The van der Waals surface area contributed by atoms with Crippen LogP contribution in [0.1, 0.15) is 39.2 Å². The normalized spacial score (nSPS) is 13.2. The van der Waals surface area contributed by atoms with Crippen LogP contribution in [0.3, 0.4) is 0 Å². The highest BCUT2D eigenvalue weighted by molar-refractivity contribution is 5.86. The monoisotopic (exact) mass is 334 g/mol. The first-order valence-corrected chi connectivity index (χ1v) is 8.15. The summed E-state index contributed by atoms with van der Waals surface area (Å²) in [5.41, 5.74) is 0.891. The van der Waals surface area contributed by atoms with Gasteiger partial charge in [0.15, 0.2) is 5.96 Å². The van der Waals surface area contributed by atoms with Crippen molar-refractivity contribution in [1.82, 2.24) is 16.0 Å². The molecule has 0 fully saturated rings. The zero-order chi connectivity index (χ0) is 18.2. The molecule has 3 N–H and O–H groups in total. The van der Waals surface area contributed by atoms with E-state index in [4.69, 9.17) is 4.74 Å². The molecule has 1 atom stereocenters. The van der Waals surface area contributed by atoms with Crippen LogP contribution in [0.25, 0.3) is 0 Å². The highest BCUT2D eigenvalue weighted by Crippen LogP contribution is 2.25. The number of guanidine groups is 1. The fourth-order valence-corrected chi connectivity index (χ4v) is 2.28. The molecule has 6 nitrogen and oxygen atoms in total. The van der Waals surface area contributed by atoms with Gasteiger partial charge in [-0.1, -0.05) is 25.1 Å². The SMILES string of the molecule is CN=C(NCC(=O)NC(C)(C)C)NCC(C)c1ccccc1OC. The van der Waals surface area contributed by atoms with E-state index in [1.807, 2.05) is 39.0 Å². The molecule has 0 aliphatic heterocycles. The van der Waals surface area contributed by atoms with E-state index in [2.05, 4.69) is 33.9 Å². The lowest BCUT2D eigenvalue weighted by Gasteiger charge is -2.21. The van der Waals surface area contributed by atoms with Crippen LogP contribution in [0, 0.1) is 0 Å². The number of aliphatic imine (C=N–C) groups is 1. The van der Waals surface area contributed by atoms with E-state index in [1.165, 1.54) is 0 Å². The standard InChI is InChI=1S/C18H30N4O2/c1-13(14-9-7-8-10-15(14)24-6)11-20-17(19-5)21-12-16(23)22-18(2,3)4/h7-10,13H,11-12H2,1-6H3,(H,22,23)(H2,19,20,21). The average Bonchev–Trinajstić information content (AvgIpc) is 2.53. The molecule has 0 radical (unpaired) electrons. The van der Waals surface area contributed by atoms with Gasteiger partial charge in [0.2, 0.25) is 5.91 Å². The molecule has 134 valence electrons. The van der Waals surface area contributed by atoms with Crippen molar-refractivity contribution in [2.24, 2.45) is 4.99 Å². The van der Waals surface area contributed by atoms with E-state index in [1.54, 1.807) is 14.2 Å². The molecular formula is C18H30N4O2. The van der Waals surface area contributed by atoms with Crippen LogP contribution in [0.15, 0.2) is 29.3 Å². The molecular weight excluding hydrogens is 304 g/mol. The van der Waals surface area contributed by atoms with Crippen molar-refractivity contribution in [3.63, 3.8) is 0 Å². The number of carbonyl (C=O) groups is 1. The molecule has 1 rings (SSSR count). The Morgan fingerprint density at radius 1 is 1.25 bits per heavy atom. The molecule has 0 heterocycles. The highest BCUT2D eigenvalue weighted by Gasteiger charge is 2.14. The van der Waals surface area contributed by atoms with Crippen LogP contribution in [-0.2, 0) is 4.79 Å². The molecule has 0 spiro atoms. The minimum atomic E-state index is -0.242.